The van der Waals surface area contributed by atoms with Crippen molar-refractivity contribution in [2.45, 2.75) is 6.61 Å². The largest absolute Gasteiger partial charge is 0.382 e. The summed E-state index contributed by atoms with van der Waals surface area (Å²) >= 11 is 1.48. The predicted molar refractivity (Wildman–Crippen MR) is 118 cm³/mol. The van der Waals surface area contributed by atoms with Gasteiger partial charge in [0.05, 0.1) is 23.6 Å². The number of rotatable bonds is 5. The Kier molecular flexibility index (Phi) is 4.70. The van der Waals surface area contributed by atoms with E-state index in [1.165, 1.54) is 11.3 Å². The first-order valence-electron chi connectivity index (χ1n) is 9.35. The lowest BCUT2D eigenvalue weighted by molar-refractivity contribution is 0.181. The van der Waals surface area contributed by atoms with Crippen molar-refractivity contribution in [1.82, 2.24) is 24.8 Å². The molecule has 0 bridgehead atoms. The van der Waals surface area contributed by atoms with Crippen molar-refractivity contribution < 1.29 is 4.74 Å². The fraction of sp³-hybridized carbons (Fsp3) is 0.0909. The van der Waals surface area contributed by atoms with Crippen LogP contribution in [-0.4, -0.2) is 31.9 Å². The van der Waals surface area contributed by atoms with Crippen LogP contribution in [0.5, 0.6) is 0 Å². The number of nitrogens with two attached hydrogens (primary N) is 1. The van der Waals surface area contributed by atoms with Gasteiger partial charge < -0.3 is 10.5 Å². The van der Waals surface area contributed by atoms with Crippen LogP contribution < -0.4 is 5.73 Å². The van der Waals surface area contributed by atoms with Gasteiger partial charge in [0.2, 0.25) is 0 Å². The number of fused-ring (bicyclic) bond motifs is 1. The van der Waals surface area contributed by atoms with Gasteiger partial charge >= 0.3 is 0 Å². The lowest BCUT2D eigenvalue weighted by Crippen LogP contribution is -2.05. The Labute approximate surface area is 176 Å². The number of benzene rings is 2. The van der Waals surface area contributed by atoms with Crippen LogP contribution in [-0.2, 0) is 11.3 Å². The molecule has 0 saturated heterocycles. The van der Waals surface area contributed by atoms with E-state index in [1.54, 1.807) is 11.6 Å². The van der Waals surface area contributed by atoms with Crippen molar-refractivity contribution >= 4 is 22.8 Å². The zero-order valence-corrected chi connectivity index (χ0v) is 17.0. The first-order chi connectivity index (χ1) is 14.8. The van der Waals surface area contributed by atoms with Crippen molar-refractivity contribution in [1.29, 1.82) is 0 Å². The number of hydrogen-bond donors (Lipinski definition) is 1. The summed E-state index contributed by atoms with van der Waals surface area (Å²) in [5.74, 6) is 0.397. The number of nitrogen functional groups attached to an aromatic ring is 1. The van der Waals surface area contributed by atoms with E-state index in [0.29, 0.717) is 28.8 Å². The van der Waals surface area contributed by atoms with E-state index in [2.05, 4.69) is 15.3 Å². The van der Waals surface area contributed by atoms with Crippen LogP contribution >= 0.6 is 11.3 Å². The Hall–Kier alpha value is -3.62. The van der Waals surface area contributed by atoms with Crippen molar-refractivity contribution in [3.8, 4) is 33.1 Å². The smallest absolute Gasteiger partial charge is 0.187 e. The maximum Gasteiger partial charge on any atom is 0.187 e. The highest BCUT2D eigenvalue weighted by molar-refractivity contribution is 7.13. The van der Waals surface area contributed by atoms with E-state index in [1.807, 2.05) is 66.0 Å². The number of aromatic nitrogens is 5. The van der Waals surface area contributed by atoms with Gasteiger partial charge in [-0.3, -0.25) is 0 Å². The Bertz CT molecular complexity index is 1310. The van der Waals surface area contributed by atoms with E-state index >= 15 is 0 Å². The normalized spacial score (nSPS) is 11.2. The summed E-state index contributed by atoms with van der Waals surface area (Å²) in [6.07, 6.45) is 0. The molecule has 30 heavy (non-hydrogen) atoms. The van der Waals surface area contributed by atoms with Crippen LogP contribution in [0.2, 0.25) is 0 Å². The Morgan fingerprint density at radius 1 is 0.967 bits per heavy atom. The molecule has 0 amide bonds. The maximum absolute atomic E-state index is 6.48. The molecule has 7 nitrogen and oxygen atoms in total. The summed E-state index contributed by atoms with van der Waals surface area (Å²) in [5, 5.41) is 16.2. The fourth-order valence-electron chi connectivity index (χ4n) is 3.38. The number of ether oxygens (including phenoxy) is 1. The molecule has 0 atom stereocenters. The molecule has 0 aliphatic rings. The summed E-state index contributed by atoms with van der Waals surface area (Å²) in [5.41, 5.74) is 12.1. The van der Waals surface area contributed by atoms with Crippen LogP contribution in [0.1, 0.15) is 5.69 Å². The van der Waals surface area contributed by atoms with Crippen molar-refractivity contribution in [2.75, 3.05) is 12.8 Å². The van der Waals surface area contributed by atoms with Crippen LogP contribution in [0, 0.1) is 0 Å². The molecular weight excluding hydrogens is 396 g/mol. The van der Waals surface area contributed by atoms with Gasteiger partial charge in [0, 0.05) is 18.1 Å². The Morgan fingerprint density at radius 2 is 1.67 bits per heavy atom. The molecule has 2 aromatic carbocycles. The van der Waals surface area contributed by atoms with Crippen LogP contribution in [0.15, 0.2) is 66.0 Å². The van der Waals surface area contributed by atoms with Crippen molar-refractivity contribution in [3.63, 3.8) is 0 Å². The fourth-order valence-corrected chi connectivity index (χ4v) is 4.20. The number of methoxy groups -OCH3 is 1. The number of nitrogens with zero attached hydrogens (tertiary/aromatic N) is 5. The van der Waals surface area contributed by atoms with Crippen LogP contribution in [0.4, 0.5) is 5.82 Å². The third-order valence-electron chi connectivity index (χ3n) is 4.77. The van der Waals surface area contributed by atoms with Gasteiger partial charge in [0.15, 0.2) is 17.2 Å². The van der Waals surface area contributed by atoms with Gasteiger partial charge in [-0.25, -0.2) is 4.98 Å². The molecular formula is C22H18N6OS. The molecule has 0 spiro atoms. The summed E-state index contributed by atoms with van der Waals surface area (Å²) in [4.78, 5) is 4.71. The van der Waals surface area contributed by atoms with Gasteiger partial charge in [-0.2, -0.15) is 9.61 Å². The minimum Gasteiger partial charge on any atom is -0.382 e. The molecule has 3 aromatic heterocycles. The molecule has 0 fully saturated rings. The minimum atomic E-state index is 0.345. The van der Waals surface area contributed by atoms with Gasteiger partial charge in [0.1, 0.15) is 5.01 Å². The summed E-state index contributed by atoms with van der Waals surface area (Å²) in [6, 6.07) is 19.9. The molecule has 0 aliphatic carbocycles. The lowest BCUT2D eigenvalue weighted by atomic mass is 10.1. The first kappa shape index (κ1) is 18.4. The van der Waals surface area contributed by atoms with Gasteiger partial charge in [-0.15, -0.1) is 21.5 Å². The monoisotopic (exact) mass is 414 g/mol. The highest BCUT2D eigenvalue weighted by atomic mass is 32.1. The van der Waals surface area contributed by atoms with Crippen LogP contribution in [0.3, 0.4) is 0 Å². The minimum absolute atomic E-state index is 0.345. The zero-order valence-electron chi connectivity index (χ0n) is 16.2. The highest BCUT2D eigenvalue weighted by Crippen LogP contribution is 2.33. The molecule has 148 valence electrons. The summed E-state index contributed by atoms with van der Waals surface area (Å²) < 4.78 is 6.98. The average Bonchev–Trinajstić information content (AvgIpc) is 3.41. The molecule has 5 rings (SSSR count). The first-order valence-corrected chi connectivity index (χ1v) is 10.2. The highest BCUT2D eigenvalue weighted by Gasteiger charge is 2.21. The van der Waals surface area contributed by atoms with Gasteiger partial charge in [-0.1, -0.05) is 60.7 Å². The van der Waals surface area contributed by atoms with E-state index in [9.17, 15) is 0 Å². The van der Waals surface area contributed by atoms with Crippen molar-refractivity contribution in [3.05, 3.63) is 71.7 Å². The third kappa shape index (κ3) is 3.12. The van der Waals surface area contributed by atoms with E-state index in [4.69, 9.17) is 15.5 Å². The topological polar surface area (TPSA) is 91.2 Å². The summed E-state index contributed by atoms with van der Waals surface area (Å²) in [7, 11) is 1.64. The molecule has 3 heterocycles. The molecule has 5 aromatic rings. The molecule has 8 heteroatoms. The van der Waals surface area contributed by atoms with Crippen molar-refractivity contribution in [2.24, 2.45) is 0 Å². The zero-order chi connectivity index (χ0) is 20.5. The number of thiazole rings is 1. The molecule has 0 saturated carbocycles. The van der Waals surface area contributed by atoms with Gasteiger partial charge in [-0.05, 0) is 5.56 Å². The predicted octanol–water partition coefficient (Wildman–Crippen LogP) is 4.31. The maximum atomic E-state index is 6.48. The third-order valence-corrected chi connectivity index (χ3v) is 5.62. The molecule has 0 unspecified atom stereocenters. The van der Waals surface area contributed by atoms with E-state index < -0.39 is 0 Å². The standard InChI is InChI=1S/C22H18N6OS/c1-29-12-16-18(15-10-6-3-7-11-15)21-26-25-19(20(23)28(21)27-16)22-24-17(13-30-22)14-8-4-2-5-9-14/h2-11,13H,12,23H2,1H3. The van der Waals surface area contributed by atoms with Crippen LogP contribution in [0.25, 0.3) is 38.7 Å². The Balaban J connectivity index is 1.64. The molecule has 0 aliphatic heterocycles. The average molecular weight is 414 g/mol. The number of anilines is 1. The molecule has 0 radical (unpaired) electrons. The SMILES string of the molecule is COCc1nn2c(N)c(-c3nc(-c4ccccc4)cs3)nnc2c1-c1ccccc1. The number of hydrogen-bond acceptors (Lipinski definition) is 7. The Morgan fingerprint density at radius 3 is 2.37 bits per heavy atom. The summed E-state index contributed by atoms with van der Waals surface area (Å²) in [6.45, 7) is 0.345. The second-order valence-electron chi connectivity index (χ2n) is 6.69. The molecule has 2 N–H and O–H groups in total. The second-order valence-corrected chi connectivity index (χ2v) is 7.55. The second kappa shape index (κ2) is 7.66. The quantitative estimate of drug-likeness (QED) is 0.461. The lowest BCUT2D eigenvalue weighted by Gasteiger charge is -2.04. The van der Waals surface area contributed by atoms with E-state index in [-0.39, 0.29) is 0 Å². The van der Waals surface area contributed by atoms with E-state index in [0.717, 1.165) is 28.1 Å². The van der Waals surface area contributed by atoms with Gasteiger partial charge in [0.25, 0.3) is 0 Å².